The fourth-order valence-corrected chi connectivity index (χ4v) is 3.84. The number of carbonyl (C=O) groups is 3. The van der Waals surface area contributed by atoms with Crippen LogP contribution in [0.15, 0.2) is 0 Å². The fraction of sp³-hybridized carbons (Fsp3) is 0.875. The van der Waals surface area contributed by atoms with Crippen LogP contribution in [0.1, 0.15) is 117 Å². The standard InChI is InChI=1S/C24H43NO4/c1-3-4-5-6-7-8-9-10-11-12-13-14-15-16-19-29-24(28)20(2)23(27)21-17-18-22(26)25-21/h20-21H,3-19H2,1-2H3,(H,25,26)/t20?,21-/m0/s1. The molecular formula is C24H43NO4. The molecule has 5 heteroatoms. The molecule has 5 nitrogen and oxygen atoms in total. The van der Waals surface area contributed by atoms with Gasteiger partial charge in [0.25, 0.3) is 0 Å². The van der Waals surface area contributed by atoms with Crippen LogP contribution >= 0.6 is 0 Å². The van der Waals surface area contributed by atoms with Gasteiger partial charge < -0.3 is 10.1 Å². The predicted molar refractivity (Wildman–Crippen MR) is 117 cm³/mol. The minimum Gasteiger partial charge on any atom is -0.465 e. The van der Waals surface area contributed by atoms with Crippen LogP contribution in [0.4, 0.5) is 0 Å². The molecule has 1 unspecified atom stereocenters. The molecule has 0 radical (unpaired) electrons. The minimum atomic E-state index is -0.801. The molecule has 1 amide bonds. The molecule has 0 saturated carbocycles. The van der Waals surface area contributed by atoms with Gasteiger partial charge >= 0.3 is 5.97 Å². The Balaban J connectivity index is 1.88. The first-order chi connectivity index (χ1) is 14.1. The predicted octanol–water partition coefficient (Wildman–Crippen LogP) is 5.49. The van der Waals surface area contributed by atoms with Gasteiger partial charge in [-0.05, 0) is 19.8 Å². The normalized spacial score (nSPS) is 17.2. The van der Waals surface area contributed by atoms with Crippen molar-refractivity contribution in [3.8, 4) is 0 Å². The maximum atomic E-state index is 12.2. The molecule has 1 saturated heterocycles. The zero-order valence-corrected chi connectivity index (χ0v) is 18.8. The monoisotopic (exact) mass is 409 g/mol. The maximum absolute atomic E-state index is 12.2. The third-order valence-electron chi connectivity index (χ3n) is 5.86. The molecule has 1 fully saturated rings. The molecular weight excluding hydrogens is 366 g/mol. The van der Waals surface area contributed by atoms with Crippen molar-refractivity contribution in [1.82, 2.24) is 5.32 Å². The Bertz CT molecular complexity index is 478. The van der Waals surface area contributed by atoms with Crippen molar-refractivity contribution >= 4 is 17.7 Å². The first kappa shape index (κ1) is 25.6. The van der Waals surface area contributed by atoms with Gasteiger partial charge in [-0.2, -0.15) is 0 Å². The summed E-state index contributed by atoms with van der Waals surface area (Å²) in [6.07, 6.45) is 18.9. The number of ketones is 1. The lowest BCUT2D eigenvalue weighted by Crippen LogP contribution is -2.39. The quantitative estimate of drug-likeness (QED) is 0.184. The van der Waals surface area contributed by atoms with E-state index in [-0.39, 0.29) is 11.7 Å². The van der Waals surface area contributed by atoms with Crippen LogP contribution in [0, 0.1) is 5.92 Å². The molecule has 29 heavy (non-hydrogen) atoms. The lowest BCUT2D eigenvalue weighted by Gasteiger charge is -2.14. The van der Waals surface area contributed by atoms with Gasteiger partial charge in [0.05, 0.1) is 12.6 Å². The Morgan fingerprint density at radius 2 is 1.38 bits per heavy atom. The smallest absolute Gasteiger partial charge is 0.316 e. The number of esters is 1. The average Bonchev–Trinajstić information content (AvgIpc) is 3.15. The van der Waals surface area contributed by atoms with Gasteiger partial charge in [0.15, 0.2) is 5.78 Å². The lowest BCUT2D eigenvalue weighted by molar-refractivity contribution is -0.152. The van der Waals surface area contributed by atoms with Crippen molar-refractivity contribution in [2.24, 2.45) is 5.92 Å². The lowest BCUT2D eigenvalue weighted by atomic mass is 9.99. The Morgan fingerprint density at radius 1 is 0.897 bits per heavy atom. The van der Waals surface area contributed by atoms with E-state index in [0.29, 0.717) is 19.4 Å². The summed E-state index contributed by atoms with van der Waals surface area (Å²) in [5.41, 5.74) is 0. The van der Waals surface area contributed by atoms with Crippen molar-refractivity contribution in [2.75, 3.05) is 6.61 Å². The zero-order valence-electron chi connectivity index (χ0n) is 18.8. The van der Waals surface area contributed by atoms with Gasteiger partial charge in [-0.25, -0.2) is 0 Å². The number of unbranched alkanes of at least 4 members (excludes halogenated alkanes) is 13. The summed E-state index contributed by atoms with van der Waals surface area (Å²) in [5.74, 6) is -1.62. The van der Waals surface area contributed by atoms with Gasteiger partial charge in [-0.15, -0.1) is 0 Å². The molecule has 0 aromatic carbocycles. The second-order valence-electron chi connectivity index (χ2n) is 8.55. The zero-order chi connectivity index (χ0) is 21.3. The van der Waals surface area contributed by atoms with Gasteiger partial charge in [0.1, 0.15) is 5.92 Å². The van der Waals surface area contributed by atoms with E-state index in [2.05, 4.69) is 12.2 Å². The van der Waals surface area contributed by atoms with Crippen LogP contribution in [-0.4, -0.2) is 30.3 Å². The van der Waals surface area contributed by atoms with Gasteiger partial charge in [-0.3, -0.25) is 14.4 Å². The Kier molecular flexibility index (Phi) is 14.5. The number of carbonyl (C=O) groups excluding carboxylic acids is 3. The van der Waals surface area contributed by atoms with Crippen molar-refractivity contribution in [3.63, 3.8) is 0 Å². The van der Waals surface area contributed by atoms with Crippen LogP contribution in [0.2, 0.25) is 0 Å². The first-order valence-corrected chi connectivity index (χ1v) is 12.1. The highest BCUT2D eigenvalue weighted by Crippen LogP contribution is 2.15. The highest BCUT2D eigenvalue weighted by atomic mass is 16.5. The second-order valence-corrected chi connectivity index (χ2v) is 8.55. The van der Waals surface area contributed by atoms with E-state index in [1.54, 1.807) is 6.92 Å². The van der Waals surface area contributed by atoms with E-state index < -0.39 is 17.9 Å². The van der Waals surface area contributed by atoms with Crippen LogP contribution in [0.3, 0.4) is 0 Å². The molecule has 1 N–H and O–H groups in total. The first-order valence-electron chi connectivity index (χ1n) is 12.1. The molecule has 0 aliphatic carbocycles. The summed E-state index contributed by atoms with van der Waals surface area (Å²) in [7, 11) is 0. The molecule has 1 aliphatic rings. The highest BCUT2D eigenvalue weighted by Gasteiger charge is 2.34. The molecule has 1 heterocycles. The van der Waals surface area contributed by atoms with E-state index in [1.807, 2.05) is 0 Å². The maximum Gasteiger partial charge on any atom is 0.316 e. The Morgan fingerprint density at radius 3 is 1.83 bits per heavy atom. The van der Waals surface area contributed by atoms with Crippen LogP contribution in [-0.2, 0) is 19.1 Å². The molecule has 168 valence electrons. The van der Waals surface area contributed by atoms with Crippen molar-refractivity contribution in [3.05, 3.63) is 0 Å². The number of hydrogen-bond acceptors (Lipinski definition) is 4. The van der Waals surface area contributed by atoms with Gasteiger partial charge in [0.2, 0.25) is 5.91 Å². The van der Waals surface area contributed by atoms with E-state index in [1.165, 1.54) is 77.0 Å². The average molecular weight is 410 g/mol. The molecule has 0 spiro atoms. The third kappa shape index (κ3) is 12.0. The molecule has 0 aromatic heterocycles. The summed E-state index contributed by atoms with van der Waals surface area (Å²) < 4.78 is 5.25. The number of Topliss-reactive ketones (excluding diaryl/α,β-unsaturated/α-hetero) is 1. The number of rotatable bonds is 18. The number of ether oxygens (including phenoxy) is 1. The van der Waals surface area contributed by atoms with Crippen molar-refractivity contribution < 1.29 is 19.1 Å². The van der Waals surface area contributed by atoms with E-state index in [0.717, 1.165) is 12.8 Å². The fourth-order valence-electron chi connectivity index (χ4n) is 3.84. The Hall–Kier alpha value is -1.39. The van der Waals surface area contributed by atoms with Crippen LogP contribution in [0.25, 0.3) is 0 Å². The SMILES string of the molecule is CCCCCCCCCCCCCCCCOC(=O)C(C)C(=O)[C@@H]1CCC(=O)N1. The van der Waals surface area contributed by atoms with Crippen LogP contribution in [0.5, 0.6) is 0 Å². The third-order valence-corrected chi connectivity index (χ3v) is 5.86. The summed E-state index contributed by atoms with van der Waals surface area (Å²) in [6.45, 7) is 4.21. The number of amides is 1. The molecule has 2 atom stereocenters. The van der Waals surface area contributed by atoms with Crippen LogP contribution < -0.4 is 5.32 Å². The van der Waals surface area contributed by atoms with Gasteiger partial charge in [-0.1, -0.05) is 90.4 Å². The summed E-state index contributed by atoms with van der Waals surface area (Å²) in [5, 5.41) is 2.62. The largest absolute Gasteiger partial charge is 0.465 e. The number of nitrogens with one attached hydrogen (secondary N) is 1. The molecule has 0 aromatic rings. The van der Waals surface area contributed by atoms with E-state index >= 15 is 0 Å². The summed E-state index contributed by atoms with van der Waals surface area (Å²) in [6, 6.07) is -0.522. The van der Waals surface area contributed by atoms with Crippen molar-refractivity contribution in [2.45, 2.75) is 123 Å². The molecule has 1 aliphatic heterocycles. The van der Waals surface area contributed by atoms with Gasteiger partial charge in [0, 0.05) is 6.42 Å². The summed E-state index contributed by atoms with van der Waals surface area (Å²) in [4.78, 5) is 35.4. The molecule has 0 bridgehead atoms. The Labute approximate surface area is 177 Å². The van der Waals surface area contributed by atoms with E-state index in [9.17, 15) is 14.4 Å². The van der Waals surface area contributed by atoms with Crippen molar-refractivity contribution in [1.29, 1.82) is 0 Å². The molecule has 1 rings (SSSR count). The summed E-state index contributed by atoms with van der Waals surface area (Å²) >= 11 is 0. The minimum absolute atomic E-state index is 0.119. The highest BCUT2D eigenvalue weighted by molar-refractivity contribution is 6.03. The van der Waals surface area contributed by atoms with E-state index in [4.69, 9.17) is 4.74 Å². The number of hydrogen-bond donors (Lipinski definition) is 1. The topological polar surface area (TPSA) is 72.5 Å². The second kappa shape index (κ2) is 16.4.